The highest BCUT2D eigenvalue weighted by atomic mass is 32.2. The Hall–Kier alpha value is -0.0500. The number of rotatable bonds is 16. The summed E-state index contributed by atoms with van der Waals surface area (Å²) in [5.41, 5.74) is 0. The number of nitrogens with zero attached hydrogens (tertiary/aromatic N) is 2. The highest BCUT2D eigenvalue weighted by Crippen LogP contribution is 2.34. The molecule has 0 spiro atoms. The van der Waals surface area contributed by atoms with Crippen LogP contribution in [-0.4, -0.2) is 10.7 Å². The molecule has 0 unspecified atom stereocenters. The maximum absolute atomic E-state index is 4.49. The lowest BCUT2D eigenvalue weighted by Crippen LogP contribution is -2.00. The Kier molecular flexibility index (Phi) is 14.1. The Balaban J connectivity index is 1.86. The van der Waals surface area contributed by atoms with Crippen molar-refractivity contribution in [2.45, 2.75) is 127 Å². The Morgan fingerprint density at radius 2 is 0.870 bits per heavy atom. The molecule has 3 heteroatoms. The van der Waals surface area contributed by atoms with Gasteiger partial charge in [0, 0.05) is 0 Å². The fourth-order valence-corrected chi connectivity index (χ4v) is 4.37. The van der Waals surface area contributed by atoms with Crippen molar-refractivity contribution < 1.29 is 0 Å². The first kappa shape index (κ1) is 21.0. The molecule has 2 nitrogen and oxygen atoms in total. The lowest BCUT2D eigenvalue weighted by atomic mass is 10.1. The third-order valence-corrected chi connectivity index (χ3v) is 6.04. The highest BCUT2D eigenvalue weighted by molar-refractivity contribution is 8.00. The van der Waals surface area contributed by atoms with Crippen LogP contribution in [0.5, 0.6) is 0 Å². The summed E-state index contributed by atoms with van der Waals surface area (Å²) in [5.74, 6) is 0. The fourth-order valence-electron chi connectivity index (χ4n) is 3.19. The van der Waals surface area contributed by atoms with E-state index >= 15 is 0 Å². The van der Waals surface area contributed by atoms with Gasteiger partial charge in [0.05, 0.1) is 0 Å². The van der Waals surface area contributed by atoms with Gasteiger partial charge >= 0.3 is 0 Å². The second kappa shape index (κ2) is 15.5. The Bertz CT molecular complexity index is 255. The van der Waals surface area contributed by atoms with Gasteiger partial charge in [0.15, 0.2) is 0 Å². The molecule has 1 aliphatic rings. The van der Waals surface area contributed by atoms with Gasteiger partial charge in [0.2, 0.25) is 0 Å². The molecule has 0 bridgehead atoms. The van der Waals surface area contributed by atoms with Gasteiger partial charge in [-0.05, 0) is 12.8 Å². The average Bonchev–Trinajstić information content (AvgIpc) is 3.01. The normalized spacial score (nSPS) is 20.4. The first-order valence-electron chi connectivity index (χ1n) is 10.4. The van der Waals surface area contributed by atoms with E-state index < -0.39 is 0 Å². The zero-order chi connectivity index (χ0) is 16.6. The molecule has 0 amide bonds. The van der Waals surface area contributed by atoms with Crippen LogP contribution in [0.3, 0.4) is 0 Å². The van der Waals surface area contributed by atoms with Gasteiger partial charge in [-0.3, -0.25) is 0 Å². The van der Waals surface area contributed by atoms with Crippen LogP contribution in [-0.2, 0) is 0 Å². The third kappa shape index (κ3) is 12.0. The number of hydrogen-bond donors (Lipinski definition) is 0. The maximum atomic E-state index is 4.49. The summed E-state index contributed by atoms with van der Waals surface area (Å²) in [6, 6.07) is 0. The molecule has 0 aromatic carbocycles. The summed E-state index contributed by atoms with van der Waals surface area (Å²) in [6.07, 6.45) is 22.0. The smallest absolute Gasteiger partial charge is 0.118 e. The molecule has 0 radical (unpaired) electrons. The molecule has 0 saturated heterocycles. The summed E-state index contributed by atoms with van der Waals surface area (Å²) in [5, 5.41) is 9.93. The predicted octanol–water partition coefficient (Wildman–Crippen LogP) is 8.12. The third-order valence-electron chi connectivity index (χ3n) is 4.75. The molecule has 0 N–H and O–H groups in total. The van der Waals surface area contributed by atoms with Crippen LogP contribution in [0.15, 0.2) is 10.2 Å². The van der Waals surface area contributed by atoms with Crippen molar-refractivity contribution in [1.29, 1.82) is 0 Å². The van der Waals surface area contributed by atoms with Gasteiger partial charge in [-0.2, -0.15) is 10.2 Å². The maximum Gasteiger partial charge on any atom is 0.118 e. The van der Waals surface area contributed by atoms with Crippen LogP contribution in [0.4, 0.5) is 0 Å². The van der Waals surface area contributed by atoms with E-state index in [2.05, 4.69) is 24.1 Å². The molecule has 1 aliphatic heterocycles. The van der Waals surface area contributed by atoms with Crippen molar-refractivity contribution in [1.82, 2.24) is 0 Å². The average molecular weight is 341 g/mol. The van der Waals surface area contributed by atoms with E-state index in [4.69, 9.17) is 0 Å². The van der Waals surface area contributed by atoms with Gasteiger partial charge in [-0.15, -0.1) is 11.8 Å². The number of unbranched alkanes of at least 4 members (excludes halogenated alkanes) is 12. The minimum Gasteiger partial charge on any atom is -0.179 e. The van der Waals surface area contributed by atoms with Crippen molar-refractivity contribution >= 4 is 11.8 Å². The van der Waals surface area contributed by atoms with E-state index in [0.29, 0.717) is 10.7 Å². The molecule has 2 atom stereocenters. The summed E-state index contributed by atoms with van der Waals surface area (Å²) >= 11 is 2.02. The Labute approximate surface area is 149 Å². The van der Waals surface area contributed by atoms with Gasteiger partial charge in [0.25, 0.3) is 0 Å². The van der Waals surface area contributed by atoms with Crippen LogP contribution < -0.4 is 0 Å². The topological polar surface area (TPSA) is 24.7 Å². The largest absolute Gasteiger partial charge is 0.179 e. The summed E-state index contributed by atoms with van der Waals surface area (Å²) < 4.78 is 0. The van der Waals surface area contributed by atoms with Gasteiger partial charge in [0.1, 0.15) is 10.7 Å². The fraction of sp³-hybridized carbons (Fsp3) is 1.00. The monoisotopic (exact) mass is 340 g/mol. The zero-order valence-corrected chi connectivity index (χ0v) is 16.6. The van der Waals surface area contributed by atoms with E-state index in [9.17, 15) is 0 Å². The highest BCUT2D eigenvalue weighted by Gasteiger charge is 2.21. The van der Waals surface area contributed by atoms with Crippen LogP contribution in [0.25, 0.3) is 0 Å². The van der Waals surface area contributed by atoms with Crippen molar-refractivity contribution in [2.75, 3.05) is 0 Å². The van der Waals surface area contributed by atoms with E-state index in [1.165, 1.54) is 103 Å². The van der Waals surface area contributed by atoms with E-state index in [0.717, 1.165) is 0 Å². The molecular weight excluding hydrogens is 300 g/mol. The molecule has 1 rings (SSSR count). The van der Waals surface area contributed by atoms with Crippen molar-refractivity contribution in [3.05, 3.63) is 0 Å². The molecule has 0 aliphatic carbocycles. The standard InChI is InChI=1S/C20H40N2S/c1-3-5-7-9-11-13-15-17-19-21-22-20(23-19)18-16-14-12-10-8-6-4-2/h19-20H,3-18H2,1-2H3/t19-,20-/m1/s1. The molecular formula is C20H40N2S. The summed E-state index contributed by atoms with van der Waals surface area (Å²) in [7, 11) is 0. The quantitative estimate of drug-likeness (QED) is 0.260. The lowest BCUT2D eigenvalue weighted by Gasteiger charge is -2.08. The van der Waals surface area contributed by atoms with E-state index in [-0.39, 0.29) is 0 Å². The second-order valence-corrected chi connectivity index (χ2v) is 8.46. The number of thioether (sulfide) groups is 1. The van der Waals surface area contributed by atoms with Crippen molar-refractivity contribution in [3.63, 3.8) is 0 Å². The Morgan fingerprint density at radius 3 is 1.26 bits per heavy atom. The molecule has 0 aromatic heterocycles. The molecule has 0 fully saturated rings. The van der Waals surface area contributed by atoms with Crippen LogP contribution in [0, 0.1) is 0 Å². The first-order valence-corrected chi connectivity index (χ1v) is 11.4. The number of azo groups is 1. The van der Waals surface area contributed by atoms with Crippen molar-refractivity contribution in [3.8, 4) is 0 Å². The van der Waals surface area contributed by atoms with Gasteiger partial charge in [-0.1, -0.05) is 104 Å². The van der Waals surface area contributed by atoms with Gasteiger partial charge in [-0.25, -0.2) is 0 Å². The SMILES string of the molecule is CCCCCCCCC[C@@H]1N=N[C@@H](CCCCCCCCC)S1. The predicted molar refractivity (Wildman–Crippen MR) is 105 cm³/mol. The van der Waals surface area contributed by atoms with Crippen LogP contribution >= 0.6 is 11.8 Å². The lowest BCUT2D eigenvalue weighted by molar-refractivity contribution is 0.566. The van der Waals surface area contributed by atoms with Crippen molar-refractivity contribution in [2.24, 2.45) is 10.2 Å². The second-order valence-electron chi connectivity index (χ2n) is 7.10. The summed E-state index contributed by atoms with van der Waals surface area (Å²) in [6.45, 7) is 4.57. The molecule has 136 valence electrons. The van der Waals surface area contributed by atoms with Crippen LogP contribution in [0.2, 0.25) is 0 Å². The first-order chi connectivity index (χ1) is 11.4. The zero-order valence-electron chi connectivity index (χ0n) is 15.8. The minimum atomic E-state index is 0.472. The Morgan fingerprint density at radius 1 is 0.522 bits per heavy atom. The van der Waals surface area contributed by atoms with Crippen LogP contribution in [0.1, 0.15) is 117 Å². The molecule has 23 heavy (non-hydrogen) atoms. The molecule has 1 heterocycles. The van der Waals surface area contributed by atoms with Gasteiger partial charge < -0.3 is 0 Å². The summed E-state index contributed by atoms with van der Waals surface area (Å²) in [4.78, 5) is 0. The van der Waals surface area contributed by atoms with E-state index in [1.54, 1.807) is 0 Å². The number of hydrogen-bond acceptors (Lipinski definition) is 3. The molecule has 0 aromatic rings. The molecule has 0 saturated carbocycles. The van der Waals surface area contributed by atoms with E-state index in [1.807, 2.05) is 11.8 Å². The minimum absolute atomic E-state index is 0.472.